The van der Waals surface area contributed by atoms with Gasteiger partial charge in [-0.25, -0.2) is 0 Å². The fourth-order valence-electron chi connectivity index (χ4n) is 0.207. The van der Waals surface area contributed by atoms with E-state index in [-0.39, 0.29) is 0 Å². The van der Waals surface area contributed by atoms with E-state index in [2.05, 4.69) is 5.92 Å². The molecule has 0 aromatic heterocycles. The van der Waals surface area contributed by atoms with Crippen molar-refractivity contribution in [3.8, 4) is 12.3 Å². The summed E-state index contributed by atoms with van der Waals surface area (Å²) in [6, 6.07) is 0. The van der Waals surface area contributed by atoms with Gasteiger partial charge in [0.15, 0.2) is 0 Å². The van der Waals surface area contributed by atoms with E-state index >= 15 is 0 Å². The molecule has 42 valence electrons. The van der Waals surface area contributed by atoms with Crippen LogP contribution in [-0.4, -0.2) is 0 Å². The second kappa shape index (κ2) is 3.82. The van der Waals surface area contributed by atoms with Gasteiger partial charge in [-0.05, 0) is 18.4 Å². The molecule has 0 saturated carbocycles. The Labute approximate surface area is 48.9 Å². The molecule has 8 heavy (non-hydrogen) atoms. The first-order valence-electron chi connectivity index (χ1n) is 2.12. The molecule has 0 aromatic carbocycles. The van der Waals surface area contributed by atoms with Gasteiger partial charge in [0.1, 0.15) is 0 Å². The van der Waals surface area contributed by atoms with Gasteiger partial charge in [-0.15, -0.1) is 6.42 Å². The average molecular weight is 108 g/mol. The number of allylic oxidation sites excluding steroid dienone is 3. The van der Waals surface area contributed by atoms with E-state index in [0.29, 0.717) is 5.70 Å². The monoisotopic (exact) mass is 108 g/mol. The topological polar surface area (TPSA) is 52.0 Å². The Balaban J connectivity index is 3.81. The standard InChI is InChI=1S/C6H8N2/c1-2-6(8)4-3-5-7/h1,3-5H,7-8H2/b5-3-,6-4-. The van der Waals surface area contributed by atoms with Crippen LogP contribution in [0.2, 0.25) is 0 Å². The van der Waals surface area contributed by atoms with E-state index in [1.54, 1.807) is 12.2 Å². The van der Waals surface area contributed by atoms with Crippen LogP contribution in [0.25, 0.3) is 0 Å². The number of hydrogen-bond acceptors (Lipinski definition) is 2. The summed E-state index contributed by atoms with van der Waals surface area (Å²) >= 11 is 0. The summed E-state index contributed by atoms with van der Waals surface area (Å²) in [5, 5.41) is 0. The number of terminal acetylenes is 1. The van der Waals surface area contributed by atoms with Crippen LogP contribution in [0.3, 0.4) is 0 Å². The number of rotatable bonds is 1. The predicted molar refractivity (Wildman–Crippen MR) is 34.4 cm³/mol. The highest BCUT2D eigenvalue weighted by atomic mass is 14.5. The smallest absolute Gasteiger partial charge is 0.0825 e. The molecule has 0 saturated heterocycles. The van der Waals surface area contributed by atoms with Gasteiger partial charge >= 0.3 is 0 Å². The fourth-order valence-corrected chi connectivity index (χ4v) is 0.207. The van der Waals surface area contributed by atoms with Crippen LogP contribution >= 0.6 is 0 Å². The summed E-state index contributed by atoms with van der Waals surface area (Å²) in [4.78, 5) is 0. The Morgan fingerprint density at radius 3 is 2.62 bits per heavy atom. The molecule has 0 atom stereocenters. The predicted octanol–water partition coefficient (Wildman–Crippen LogP) is -0.0654. The Bertz CT molecular complexity index is 148. The highest BCUT2D eigenvalue weighted by Gasteiger charge is 1.71. The van der Waals surface area contributed by atoms with Gasteiger partial charge in [0.05, 0.1) is 5.70 Å². The molecule has 0 aliphatic carbocycles. The van der Waals surface area contributed by atoms with Crippen LogP contribution in [0.4, 0.5) is 0 Å². The SMILES string of the molecule is C#C/C(N)=C/C=C\N. The van der Waals surface area contributed by atoms with Crippen molar-refractivity contribution in [3.63, 3.8) is 0 Å². The van der Waals surface area contributed by atoms with Crippen molar-refractivity contribution >= 4 is 0 Å². The Morgan fingerprint density at radius 2 is 2.25 bits per heavy atom. The van der Waals surface area contributed by atoms with Gasteiger partial charge in [-0.3, -0.25) is 0 Å². The number of nitrogens with two attached hydrogens (primary N) is 2. The summed E-state index contributed by atoms with van der Waals surface area (Å²) in [6.07, 6.45) is 9.39. The molecule has 0 aliphatic heterocycles. The highest BCUT2D eigenvalue weighted by Crippen LogP contribution is 1.78. The largest absolute Gasteiger partial charge is 0.405 e. The second-order valence-corrected chi connectivity index (χ2v) is 1.15. The van der Waals surface area contributed by atoms with Gasteiger partial charge in [0.25, 0.3) is 0 Å². The van der Waals surface area contributed by atoms with Gasteiger partial charge < -0.3 is 11.5 Å². The van der Waals surface area contributed by atoms with E-state index in [1.165, 1.54) is 6.20 Å². The summed E-state index contributed by atoms with van der Waals surface area (Å²) < 4.78 is 0. The molecule has 0 aliphatic rings. The van der Waals surface area contributed by atoms with Crippen molar-refractivity contribution in [1.29, 1.82) is 0 Å². The van der Waals surface area contributed by atoms with Gasteiger partial charge in [0.2, 0.25) is 0 Å². The molecule has 0 radical (unpaired) electrons. The quantitative estimate of drug-likeness (QED) is 0.365. The maximum Gasteiger partial charge on any atom is 0.0825 e. The highest BCUT2D eigenvalue weighted by molar-refractivity contribution is 5.25. The summed E-state index contributed by atoms with van der Waals surface area (Å²) in [5.74, 6) is 2.23. The first-order valence-corrected chi connectivity index (χ1v) is 2.12. The van der Waals surface area contributed by atoms with Crippen molar-refractivity contribution in [2.75, 3.05) is 0 Å². The second-order valence-electron chi connectivity index (χ2n) is 1.15. The Hall–Kier alpha value is -1.36. The minimum Gasteiger partial charge on any atom is -0.405 e. The number of hydrogen-bond donors (Lipinski definition) is 2. The molecular weight excluding hydrogens is 100 g/mol. The Morgan fingerprint density at radius 1 is 1.62 bits per heavy atom. The zero-order chi connectivity index (χ0) is 6.41. The molecule has 0 spiro atoms. The molecule has 4 N–H and O–H groups in total. The van der Waals surface area contributed by atoms with Gasteiger partial charge in [0, 0.05) is 0 Å². The first kappa shape index (κ1) is 6.64. The van der Waals surface area contributed by atoms with Crippen LogP contribution in [0, 0.1) is 12.3 Å². The lowest BCUT2D eigenvalue weighted by Crippen LogP contribution is -1.90. The molecule has 0 unspecified atom stereocenters. The lowest BCUT2D eigenvalue weighted by Gasteiger charge is -1.79. The summed E-state index contributed by atoms with van der Waals surface area (Å²) in [5.41, 5.74) is 10.5. The maximum atomic E-state index is 5.18. The van der Waals surface area contributed by atoms with Crippen LogP contribution in [-0.2, 0) is 0 Å². The summed E-state index contributed by atoms with van der Waals surface area (Å²) in [7, 11) is 0. The van der Waals surface area contributed by atoms with Crippen LogP contribution in [0.1, 0.15) is 0 Å². The molecule has 0 bridgehead atoms. The van der Waals surface area contributed by atoms with Crippen molar-refractivity contribution in [2.24, 2.45) is 11.5 Å². The van der Waals surface area contributed by atoms with Crippen molar-refractivity contribution in [1.82, 2.24) is 0 Å². The molecule has 0 heterocycles. The van der Waals surface area contributed by atoms with Crippen molar-refractivity contribution in [2.45, 2.75) is 0 Å². The normalized spacial score (nSPS) is 11.6. The third-order valence-electron chi connectivity index (χ3n) is 0.554. The van der Waals surface area contributed by atoms with Crippen molar-refractivity contribution < 1.29 is 0 Å². The van der Waals surface area contributed by atoms with Crippen LogP contribution in [0.15, 0.2) is 24.0 Å². The molecule has 0 aromatic rings. The van der Waals surface area contributed by atoms with E-state index in [1.807, 2.05) is 0 Å². The maximum absolute atomic E-state index is 5.18. The zero-order valence-corrected chi connectivity index (χ0v) is 4.46. The van der Waals surface area contributed by atoms with Gasteiger partial charge in [-0.1, -0.05) is 5.92 Å². The fraction of sp³-hybridized carbons (Fsp3) is 0. The van der Waals surface area contributed by atoms with E-state index < -0.39 is 0 Å². The molecule has 0 rings (SSSR count). The van der Waals surface area contributed by atoms with Crippen LogP contribution in [0.5, 0.6) is 0 Å². The lowest BCUT2D eigenvalue weighted by molar-refractivity contribution is 1.46. The summed E-state index contributed by atoms with van der Waals surface area (Å²) in [6.45, 7) is 0. The molecule has 0 fully saturated rings. The minimum atomic E-state index is 0.381. The third kappa shape index (κ3) is 2.86. The van der Waals surface area contributed by atoms with Crippen LogP contribution < -0.4 is 11.5 Å². The third-order valence-corrected chi connectivity index (χ3v) is 0.554. The molecule has 2 nitrogen and oxygen atoms in total. The first-order chi connectivity index (χ1) is 3.81. The van der Waals surface area contributed by atoms with E-state index in [0.717, 1.165) is 0 Å². The molecule has 0 amide bonds. The Kier molecular flexibility index (Phi) is 3.17. The van der Waals surface area contributed by atoms with Crippen molar-refractivity contribution in [3.05, 3.63) is 24.0 Å². The molecule has 2 heteroatoms. The average Bonchev–Trinajstić information content (AvgIpc) is 1.83. The lowest BCUT2D eigenvalue weighted by atomic mass is 10.4. The molecular formula is C6H8N2. The van der Waals surface area contributed by atoms with E-state index in [4.69, 9.17) is 17.9 Å². The minimum absolute atomic E-state index is 0.381. The van der Waals surface area contributed by atoms with Gasteiger partial charge in [-0.2, -0.15) is 0 Å². The zero-order valence-electron chi connectivity index (χ0n) is 4.46. The van der Waals surface area contributed by atoms with E-state index in [9.17, 15) is 0 Å².